The van der Waals surface area contributed by atoms with Gasteiger partial charge in [0.1, 0.15) is 23.9 Å². The van der Waals surface area contributed by atoms with Crippen molar-refractivity contribution in [2.24, 2.45) is 0 Å². The number of ether oxygens (including phenoxy) is 4. The highest BCUT2D eigenvalue weighted by Gasteiger charge is 2.31. The van der Waals surface area contributed by atoms with E-state index in [0.29, 0.717) is 28.6 Å². The van der Waals surface area contributed by atoms with E-state index in [1.807, 2.05) is 36.4 Å². The Balaban J connectivity index is 1.48. The number of hydrogen-bond acceptors (Lipinski definition) is 5. The molecule has 0 spiro atoms. The summed E-state index contributed by atoms with van der Waals surface area (Å²) in [6.45, 7) is 0.206. The average molecular weight is 482 g/mol. The van der Waals surface area contributed by atoms with Crippen LogP contribution in [0, 0.1) is 0 Å². The van der Waals surface area contributed by atoms with E-state index in [1.165, 1.54) is 16.0 Å². The van der Waals surface area contributed by atoms with E-state index in [-0.39, 0.29) is 12.5 Å². The molecule has 0 saturated heterocycles. The topological polar surface area (TPSA) is 57.2 Å². The Bertz CT molecular complexity index is 1340. The summed E-state index contributed by atoms with van der Waals surface area (Å²) in [4.78, 5) is 15.2. The van der Waals surface area contributed by atoms with Gasteiger partial charge in [-0.25, -0.2) is 9.69 Å². The second kappa shape index (κ2) is 10.0. The smallest absolute Gasteiger partial charge is 0.419 e. The first-order valence-corrected chi connectivity index (χ1v) is 11.7. The molecule has 0 N–H and O–H groups in total. The van der Waals surface area contributed by atoms with Crippen molar-refractivity contribution < 1.29 is 23.7 Å². The number of rotatable bonds is 7. The van der Waals surface area contributed by atoms with Gasteiger partial charge in [0.15, 0.2) is 0 Å². The molecule has 5 rings (SSSR count). The van der Waals surface area contributed by atoms with Gasteiger partial charge in [-0.2, -0.15) is 0 Å². The van der Waals surface area contributed by atoms with Crippen LogP contribution in [-0.2, 0) is 4.74 Å². The molecule has 0 radical (unpaired) electrons. The Morgan fingerprint density at radius 2 is 1.31 bits per heavy atom. The molecular formula is C30H27NO5. The van der Waals surface area contributed by atoms with Gasteiger partial charge >= 0.3 is 6.09 Å². The summed E-state index contributed by atoms with van der Waals surface area (Å²) in [6.07, 6.45) is -0.509. The fourth-order valence-corrected chi connectivity index (χ4v) is 4.70. The molecule has 6 heteroatoms. The normalized spacial score (nSPS) is 11.9. The molecule has 0 aliphatic heterocycles. The summed E-state index contributed by atoms with van der Waals surface area (Å²) in [5.41, 5.74) is 5.84. The molecular weight excluding hydrogens is 454 g/mol. The maximum absolute atomic E-state index is 13.7. The van der Waals surface area contributed by atoms with E-state index in [4.69, 9.17) is 18.9 Å². The summed E-state index contributed by atoms with van der Waals surface area (Å²) in [7, 11) is 4.74. The second-order valence-corrected chi connectivity index (χ2v) is 8.38. The lowest BCUT2D eigenvalue weighted by Gasteiger charge is -2.25. The van der Waals surface area contributed by atoms with Crippen LogP contribution < -0.4 is 19.1 Å². The summed E-state index contributed by atoms with van der Waals surface area (Å²) < 4.78 is 22.2. The van der Waals surface area contributed by atoms with Crippen LogP contribution in [0.15, 0.2) is 91.0 Å². The molecule has 1 amide bonds. The standard InChI is InChI=1S/C30H27NO5/c1-33-21-14-12-20(13-15-21)31(28-17-16-22(34-2)18-29(28)35-3)30(32)36-19-27-25-10-6-4-8-23(25)24-9-5-7-11-26(24)27/h4-18,27H,19H2,1-3H3. The molecule has 0 saturated carbocycles. The third-order valence-corrected chi connectivity index (χ3v) is 6.48. The quantitative estimate of drug-likeness (QED) is 0.291. The van der Waals surface area contributed by atoms with Gasteiger partial charge in [0.25, 0.3) is 0 Å². The molecule has 1 aliphatic carbocycles. The van der Waals surface area contributed by atoms with Gasteiger partial charge < -0.3 is 18.9 Å². The lowest BCUT2D eigenvalue weighted by molar-refractivity contribution is 0.153. The zero-order chi connectivity index (χ0) is 25.1. The molecule has 0 bridgehead atoms. The predicted octanol–water partition coefficient (Wildman–Crippen LogP) is 6.80. The first kappa shape index (κ1) is 23.3. The van der Waals surface area contributed by atoms with Crippen molar-refractivity contribution in [1.82, 2.24) is 0 Å². The first-order chi connectivity index (χ1) is 17.6. The highest BCUT2D eigenvalue weighted by atomic mass is 16.6. The second-order valence-electron chi connectivity index (χ2n) is 8.38. The minimum Gasteiger partial charge on any atom is -0.497 e. The van der Waals surface area contributed by atoms with Crippen LogP contribution in [0.1, 0.15) is 17.0 Å². The monoisotopic (exact) mass is 481 g/mol. The molecule has 0 unspecified atom stereocenters. The van der Waals surface area contributed by atoms with E-state index >= 15 is 0 Å². The number of carbonyl (C=O) groups excluding carboxylic acids is 1. The molecule has 182 valence electrons. The molecule has 0 fully saturated rings. The van der Waals surface area contributed by atoms with Gasteiger partial charge in [-0.05, 0) is 58.7 Å². The highest BCUT2D eigenvalue weighted by Crippen LogP contribution is 2.45. The molecule has 4 aromatic carbocycles. The Labute approximate surface area is 210 Å². The number of hydrogen-bond donors (Lipinski definition) is 0. The lowest BCUT2D eigenvalue weighted by Crippen LogP contribution is -2.28. The van der Waals surface area contributed by atoms with Crippen LogP contribution in [-0.4, -0.2) is 34.0 Å². The molecule has 0 aromatic heterocycles. The SMILES string of the molecule is COc1ccc(N(C(=O)OCC2c3ccccc3-c3ccccc32)c2ccc(OC)cc2OC)cc1. The molecule has 6 nitrogen and oxygen atoms in total. The number of carbonyl (C=O) groups is 1. The molecule has 0 atom stereocenters. The maximum Gasteiger partial charge on any atom is 0.419 e. The van der Waals surface area contributed by atoms with Crippen LogP contribution in [0.5, 0.6) is 17.2 Å². The Morgan fingerprint density at radius 1 is 0.722 bits per heavy atom. The van der Waals surface area contributed by atoms with E-state index in [9.17, 15) is 4.79 Å². The third kappa shape index (κ3) is 4.22. The van der Waals surface area contributed by atoms with Crippen molar-refractivity contribution in [3.63, 3.8) is 0 Å². The Morgan fingerprint density at radius 3 is 1.89 bits per heavy atom. The van der Waals surface area contributed by atoms with Gasteiger partial charge in [-0.15, -0.1) is 0 Å². The van der Waals surface area contributed by atoms with E-state index in [2.05, 4.69) is 24.3 Å². The summed E-state index contributed by atoms with van der Waals surface area (Å²) >= 11 is 0. The van der Waals surface area contributed by atoms with Crippen LogP contribution in [0.25, 0.3) is 11.1 Å². The number of amides is 1. The van der Waals surface area contributed by atoms with Crippen LogP contribution in [0.4, 0.5) is 16.2 Å². The fourth-order valence-electron chi connectivity index (χ4n) is 4.70. The lowest BCUT2D eigenvalue weighted by atomic mass is 9.98. The summed E-state index contributed by atoms with van der Waals surface area (Å²) in [5, 5.41) is 0. The van der Waals surface area contributed by atoms with Crippen molar-refractivity contribution in [3.05, 3.63) is 102 Å². The van der Waals surface area contributed by atoms with Gasteiger partial charge in [0.05, 0.1) is 32.7 Å². The zero-order valence-corrected chi connectivity index (χ0v) is 20.4. The van der Waals surface area contributed by atoms with Crippen LogP contribution in [0.2, 0.25) is 0 Å². The van der Waals surface area contributed by atoms with Crippen molar-refractivity contribution >= 4 is 17.5 Å². The number of benzene rings is 4. The molecule has 1 aliphatic rings. The minimum atomic E-state index is -0.509. The average Bonchev–Trinajstić information content (AvgIpc) is 3.26. The first-order valence-electron chi connectivity index (χ1n) is 11.7. The van der Waals surface area contributed by atoms with Gasteiger partial charge in [-0.1, -0.05) is 48.5 Å². The summed E-state index contributed by atoms with van der Waals surface area (Å²) in [5.74, 6) is 1.75. The number of nitrogens with zero attached hydrogens (tertiary/aromatic N) is 1. The maximum atomic E-state index is 13.7. The van der Waals surface area contributed by atoms with Crippen molar-refractivity contribution in [2.45, 2.75) is 5.92 Å². The molecule has 4 aromatic rings. The number of fused-ring (bicyclic) bond motifs is 3. The fraction of sp³-hybridized carbons (Fsp3) is 0.167. The van der Waals surface area contributed by atoms with Crippen molar-refractivity contribution in [2.75, 3.05) is 32.8 Å². The number of methoxy groups -OCH3 is 3. The van der Waals surface area contributed by atoms with Gasteiger partial charge in [0.2, 0.25) is 0 Å². The van der Waals surface area contributed by atoms with E-state index < -0.39 is 6.09 Å². The number of anilines is 2. The minimum absolute atomic E-state index is 0.0446. The Hall–Kier alpha value is -4.45. The van der Waals surface area contributed by atoms with Crippen molar-refractivity contribution in [3.8, 4) is 28.4 Å². The van der Waals surface area contributed by atoms with Crippen LogP contribution >= 0.6 is 0 Å². The van der Waals surface area contributed by atoms with Gasteiger partial charge in [-0.3, -0.25) is 0 Å². The van der Waals surface area contributed by atoms with Crippen LogP contribution in [0.3, 0.4) is 0 Å². The third-order valence-electron chi connectivity index (χ3n) is 6.48. The Kier molecular flexibility index (Phi) is 6.50. The predicted molar refractivity (Wildman–Crippen MR) is 140 cm³/mol. The van der Waals surface area contributed by atoms with E-state index in [0.717, 1.165) is 11.1 Å². The van der Waals surface area contributed by atoms with E-state index in [1.54, 1.807) is 51.7 Å². The molecule has 0 heterocycles. The summed E-state index contributed by atoms with van der Waals surface area (Å²) in [6, 6.07) is 29.1. The zero-order valence-electron chi connectivity index (χ0n) is 20.4. The molecule has 36 heavy (non-hydrogen) atoms. The van der Waals surface area contributed by atoms with Crippen molar-refractivity contribution in [1.29, 1.82) is 0 Å². The van der Waals surface area contributed by atoms with Gasteiger partial charge in [0, 0.05) is 12.0 Å². The highest BCUT2D eigenvalue weighted by molar-refractivity contribution is 5.98. The largest absolute Gasteiger partial charge is 0.497 e.